The fourth-order valence-electron chi connectivity index (χ4n) is 4.56. The van der Waals surface area contributed by atoms with Gasteiger partial charge in [0.25, 0.3) is 5.91 Å². The lowest BCUT2D eigenvalue weighted by Crippen LogP contribution is -2.59. The van der Waals surface area contributed by atoms with E-state index in [1.54, 1.807) is 36.8 Å². The average Bonchev–Trinajstić information content (AvgIpc) is 2.81. The highest BCUT2D eigenvalue weighted by molar-refractivity contribution is 6.30. The molecule has 2 aliphatic heterocycles. The van der Waals surface area contributed by atoms with Crippen molar-refractivity contribution in [2.45, 2.75) is 31.4 Å². The molecule has 0 spiro atoms. The van der Waals surface area contributed by atoms with Crippen LogP contribution in [-0.4, -0.2) is 44.4 Å². The predicted octanol–water partition coefficient (Wildman–Crippen LogP) is 4.40. The van der Waals surface area contributed by atoms with Gasteiger partial charge in [0.2, 0.25) is 5.88 Å². The van der Waals surface area contributed by atoms with Crippen LogP contribution < -0.4 is 4.74 Å². The third-order valence-electron chi connectivity index (χ3n) is 5.97. The first-order valence-corrected chi connectivity index (χ1v) is 10.6. The SMILES string of the molecule is O=C(c1ccc(F)cc1-c1ncccn1)N1C[C@@H]2CC[C@H]1[C@H](Oc1ccc(Cl)cn1)C2. The molecule has 1 amide bonds. The van der Waals surface area contributed by atoms with Crippen LogP contribution >= 0.6 is 11.6 Å². The van der Waals surface area contributed by atoms with E-state index < -0.39 is 5.82 Å². The molecule has 4 heterocycles. The summed E-state index contributed by atoms with van der Waals surface area (Å²) < 4.78 is 20.2. The number of hydrogen-bond acceptors (Lipinski definition) is 5. The third-order valence-corrected chi connectivity index (χ3v) is 6.20. The number of carbonyl (C=O) groups is 1. The van der Waals surface area contributed by atoms with Crippen LogP contribution in [0.5, 0.6) is 5.88 Å². The van der Waals surface area contributed by atoms with E-state index in [0.29, 0.717) is 40.3 Å². The van der Waals surface area contributed by atoms with Crippen LogP contribution in [0, 0.1) is 11.7 Å². The zero-order chi connectivity index (χ0) is 21.4. The fraction of sp³-hybridized carbons (Fsp3) is 0.304. The summed E-state index contributed by atoms with van der Waals surface area (Å²) in [5, 5.41) is 0.543. The van der Waals surface area contributed by atoms with E-state index in [4.69, 9.17) is 16.3 Å². The molecule has 1 aliphatic carbocycles. The fourth-order valence-corrected chi connectivity index (χ4v) is 4.67. The smallest absolute Gasteiger partial charge is 0.254 e. The van der Waals surface area contributed by atoms with Gasteiger partial charge in [-0.15, -0.1) is 0 Å². The summed E-state index contributed by atoms with van der Waals surface area (Å²) >= 11 is 5.92. The number of nitrogens with zero attached hydrogens (tertiary/aromatic N) is 4. The molecule has 2 saturated heterocycles. The maximum absolute atomic E-state index is 14.0. The minimum atomic E-state index is -0.436. The summed E-state index contributed by atoms with van der Waals surface area (Å²) in [4.78, 5) is 28.1. The summed E-state index contributed by atoms with van der Waals surface area (Å²) in [5.41, 5.74) is 0.785. The average molecular weight is 439 g/mol. The molecule has 2 aromatic heterocycles. The molecule has 6 rings (SSSR count). The number of benzene rings is 1. The Hall–Kier alpha value is -3.06. The number of pyridine rings is 1. The van der Waals surface area contributed by atoms with Crippen molar-refractivity contribution in [3.05, 3.63) is 71.4 Å². The van der Waals surface area contributed by atoms with E-state index in [9.17, 15) is 9.18 Å². The summed E-state index contributed by atoms with van der Waals surface area (Å²) in [7, 11) is 0. The second-order valence-corrected chi connectivity index (χ2v) is 8.37. The maximum atomic E-state index is 14.0. The van der Waals surface area contributed by atoms with Crippen LogP contribution in [0.3, 0.4) is 0 Å². The highest BCUT2D eigenvalue weighted by Crippen LogP contribution is 2.38. The lowest BCUT2D eigenvalue weighted by atomic mass is 9.77. The Morgan fingerprint density at radius 3 is 2.71 bits per heavy atom. The Kier molecular flexibility index (Phi) is 5.28. The van der Waals surface area contributed by atoms with Crippen LogP contribution in [0.15, 0.2) is 55.0 Å². The van der Waals surface area contributed by atoms with Crippen molar-refractivity contribution in [2.24, 2.45) is 5.92 Å². The zero-order valence-electron chi connectivity index (χ0n) is 16.6. The molecule has 6 nitrogen and oxygen atoms in total. The second kappa shape index (κ2) is 8.23. The highest BCUT2D eigenvalue weighted by atomic mass is 35.5. The predicted molar refractivity (Wildman–Crippen MR) is 113 cm³/mol. The Labute approximate surface area is 184 Å². The van der Waals surface area contributed by atoms with Crippen LogP contribution in [0.25, 0.3) is 11.4 Å². The molecule has 31 heavy (non-hydrogen) atoms. The number of ether oxygens (including phenoxy) is 1. The quantitative estimate of drug-likeness (QED) is 0.603. The Morgan fingerprint density at radius 2 is 1.97 bits per heavy atom. The van der Waals surface area contributed by atoms with Gasteiger partial charge in [0, 0.05) is 36.8 Å². The van der Waals surface area contributed by atoms with Gasteiger partial charge in [-0.2, -0.15) is 0 Å². The lowest BCUT2D eigenvalue weighted by molar-refractivity contribution is -0.0313. The Balaban J connectivity index is 1.44. The molecule has 0 unspecified atom stereocenters. The number of rotatable bonds is 4. The standard InChI is InChI=1S/C23H20ClFN4O2/c24-15-3-7-21(28-12-15)31-20-10-14-2-6-19(20)29(13-14)23(30)17-5-4-16(25)11-18(17)22-26-8-1-9-27-22/h1,3-5,7-9,11-12,14,19-20H,2,6,10,13H2/t14-,19+,20-/m1/s1. The minimum absolute atomic E-state index is 0.0791. The van der Waals surface area contributed by atoms with Gasteiger partial charge in [-0.05, 0) is 55.5 Å². The molecule has 1 aromatic carbocycles. The lowest BCUT2D eigenvalue weighted by Gasteiger charge is -2.49. The molecule has 1 saturated carbocycles. The van der Waals surface area contributed by atoms with Crippen LogP contribution in [-0.2, 0) is 0 Å². The topological polar surface area (TPSA) is 68.2 Å². The van der Waals surface area contributed by atoms with E-state index in [2.05, 4.69) is 15.0 Å². The van der Waals surface area contributed by atoms with Gasteiger partial charge in [-0.1, -0.05) is 11.6 Å². The van der Waals surface area contributed by atoms with Crippen molar-refractivity contribution in [2.75, 3.05) is 6.54 Å². The Bertz CT molecular complexity index is 1100. The van der Waals surface area contributed by atoms with Gasteiger partial charge in [0.15, 0.2) is 5.82 Å². The normalized spacial score (nSPS) is 22.4. The van der Waals surface area contributed by atoms with Gasteiger partial charge >= 0.3 is 0 Å². The molecule has 0 N–H and O–H groups in total. The molecule has 158 valence electrons. The number of piperidine rings is 2. The molecule has 8 heteroatoms. The number of fused-ring (bicyclic) bond motifs is 3. The summed E-state index contributed by atoms with van der Waals surface area (Å²) in [6, 6.07) is 9.21. The van der Waals surface area contributed by atoms with Crippen molar-refractivity contribution < 1.29 is 13.9 Å². The summed E-state index contributed by atoms with van der Waals surface area (Å²) in [6.07, 6.45) is 7.33. The molecule has 3 aliphatic rings. The van der Waals surface area contributed by atoms with Gasteiger partial charge in [-0.3, -0.25) is 4.79 Å². The molecular formula is C23H20ClFN4O2. The van der Waals surface area contributed by atoms with Crippen molar-refractivity contribution in [3.8, 4) is 17.3 Å². The van der Waals surface area contributed by atoms with Crippen molar-refractivity contribution >= 4 is 17.5 Å². The van der Waals surface area contributed by atoms with E-state index in [1.165, 1.54) is 18.2 Å². The first-order chi connectivity index (χ1) is 15.1. The number of halogens is 2. The van der Waals surface area contributed by atoms with Crippen molar-refractivity contribution in [3.63, 3.8) is 0 Å². The van der Waals surface area contributed by atoms with Gasteiger partial charge in [0.05, 0.1) is 16.6 Å². The maximum Gasteiger partial charge on any atom is 0.254 e. The van der Waals surface area contributed by atoms with Crippen LogP contribution in [0.1, 0.15) is 29.6 Å². The number of aromatic nitrogens is 3. The summed E-state index contributed by atoms with van der Waals surface area (Å²) in [6.45, 7) is 0.657. The van der Waals surface area contributed by atoms with Crippen LogP contribution in [0.2, 0.25) is 5.02 Å². The van der Waals surface area contributed by atoms with Crippen LogP contribution in [0.4, 0.5) is 4.39 Å². The number of amides is 1. The zero-order valence-corrected chi connectivity index (χ0v) is 17.4. The second-order valence-electron chi connectivity index (χ2n) is 7.94. The van der Waals surface area contributed by atoms with Gasteiger partial charge in [0.1, 0.15) is 11.9 Å². The molecule has 3 aromatic rings. The summed E-state index contributed by atoms with van der Waals surface area (Å²) in [5.74, 6) is 0.576. The van der Waals surface area contributed by atoms with Gasteiger partial charge in [-0.25, -0.2) is 19.3 Å². The monoisotopic (exact) mass is 438 g/mol. The van der Waals surface area contributed by atoms with Crippen molar-refractivity contribution in [1.29, 1.82) is 0 Å². The third kappa shape index (κ3) is 3.97. The van der Waals surface area contributed by atoms with E-state index in [1.807, 2.05) is 4.90 Å². The first kappa shape index (κ1) is 19.9. The molecule has 2 bridgehead atoms. The molecule has 3 fully saturated rings. The first-order valence-electron chi connectivity index (χ1n) is 10.2. The van der Waals surface area contributed by atoms with E-state index in [-0.39, 0.29) is 18.1 Å². The molecule has 0 radical (unpaired) electrons. The Morgan fingerprint density at radius 1 is 1.13 bits per heavy atom. The van der Waals surface area contributed by atoms with Crippen molar-refractivity contribution in [1.82, 2.24) is 19.9 Å². The highest BCUT2D eigenvalue weighted by Gasteiger charge is 2.44. The minimum Gasteiger partial charge on any atom is -0.472 e. The molecule has 3 atom stereocenters. The molecular weight excluding hydrogens is 419 g/mol. The van der Waals surface area contributed by atoms with E-state index in [0.717, 1.165) is 19.3 Å². The number of hydrogen-bond donors (Lipinski definition) is 0. The van der Waals surface area contributed by atoms with Gasteiger partial charge < -0.3 is 9.64 Å². The largest absolute Gasteiger partial charge is 0.472 e. The van der Waals surface area contributed by atoms with E-state index >= 15 is 0 Å². The number of carbonyl (C=O) groups excluding carboxylic acids is 1.